The van der Waals surface area contributed by atoms with Crippen LogP contribution in [0.1, 0.15) is 26.3 Å². The average Bonchev–Trinajstić information content (AvgIpc) is 2.94. The second-order valence-electron chi connectivity index (χ2n) is 7.87. The second kappa shape index (κ2) is 13.2. The molecule has 8 nitrogen and oxygen atoms in total. The third kappa shape index (κ3) is 7.91. The number of halogens is 2. The molecule has 39 heavy (non-hydrogen) atoms. The summed E-state index contributed by atoms with van der Waals surface area (Å²) in [6.07, 6.45) is 1.28. The summed E-state index contributed by atoms with van der Waals surface area (Å²) in [5.41, 5.74) is 3.33. The van der Waals surface area contributed by atoms with Crippen LogP contribution in [0.4, 0.5) is 0 Å². The van der Waals surface area contributed by atoms with E-state index in [2.05, 4.69) is 10.5 Å². The zero-order valence-corrected chi connectivity index (χ0v) is 21.7. The minimum atomic E-state index is -0.630. The fourth-order valence-corrected chi connectivity index (χ4v) is 3.65. The van der Waals surface area contributed by atoms with E-state index in [0.29, 0.717) is 21.7 Å². The number of rotatable bonds is 9. The second-order valence-corrected chi connectivity index (χ2v) is 8.71. The van der Waals surface area contributed by atoms with Gasteiger partial charge in [-0.25, -0.2) is 15.0 Å². The Bertz CT molecular complexity index is 1510. The monoisotopic (exact) mass is 562 g/mol. The molecular formula is C29H20Cl2N2O6. The Balaban J connectivity index is 1.47. The number of benzene rings is 4. The fourth-order valence-electron chi connectivity index (χ4n) is 3.19. The van der Waals surface area contributed by atoms with Crippen molar-refractivity contribution in [2.45, 2.75) is 0 Å². The lowest BCUT2D eigenvalue weighted by molar-refractivity contribution is -0.123. The van der Waals surface area contributed by atoms with Crippen LogP contribution in [0.3, 0.4) is 0 Å². The van der Waals surface area contributed by atoms with E-state index in [4.69, 9.17) is 37.4 Å². The number of ether oxygens (including phenoxy) is 3. The molecule has 0 saturated heterocycles. The number of hydrogen-bond acceptors (Lipinski definition) is 7. The number of carbonyl (C=O) groups excluding carboxylic acids is 3. The van der Waals surface area contributed by atoms with Gasteiger partial charge in [0.25, 0.3) is 5.91 Å². The molecule has 196 valence electrons. The van der Waals surface area contributed by atoms with Gasteiger partial charge in [-0.1, -0.05) is 59.6 Å². The van der Waals surface area contributed by atoms with Crippen LogP contribution < -0.4 is 19.6 Å². The van der Waals surface area contributed by atoms with Gasteiger partial charge < -0.3 is 14.2 Å². The van der Waals surface area contributed by atoms with E-state index in [0.717, 1.165) is 0 Å². The highest BCUT2D eigenvalue weighted by molar-refractivity contribution is 6.35. The average molecular weight is 563 g/mol. The van der Waals surface area contributed by atoms with E-state index < -0.39 is 17.8 Å². The van der Waals surface area contributed by atoms with Crippen molar-refractivity contribution in [1.82, 2.24) is 5.43 Å². The Labute approximate surface area is 233 Å². The Kier molecular flexibility index (Phi) is 9.29. The molecule has 0 unspecified atom stereocenters. The maximum Gasteiger partial charge on any atom is 0.343 e. The quantitative estimate of drug-likeness (QED) is 0.117. The number of nitrogens with one attached hydrogen (secondary N) is 1. The maximum atomic E-state index is 12.7. The molecule has 0 atom stereocenters. The van der Waals surface area contributed by atoms with Crippen molar-refractivity contribution in [3.05, 3.63) is 124 Å². The van der Waals surface area contributed by atoms with Gasteiger partial charge in [-0.15, -0.1) is 0 Å². The summed E-state index contributed by atoms with van der Waals surface area (Å²) >= 11 is 11.9. The fraction of sp³-hybridized carbons (Fsp3) is 0.0345. The molecule has 10 heteroatoms. The molecule has 0 aliphatic carbocycles. The molecule has 4 aromatic carbocycles. The van der Waals surface area contributed by atoms with Crippen molar-refractivity contribution in [2.75, 3.05) is 6.61 Å². The van der Waals surface area contributed by atoms with Crippen molar-refractivity contribution in [3.63, 3.8) is 0 Å². The lowest BCUT2D eigenvalue weighted by Crippen LogP contribution is -2.24. The Morgan fingerprint density at radius 2 is 1.38 bits per heavy atom. The van der Waals surface area contributed by atoms with E-state index in [1.54, 1.807) is 72.8 Å². The Morgan fingerprint density at radius 1 is 0.744 bits per heavy atom. The van der Waals surface area contributed by atoms with Gasteiger partial charge in [-0.05, 0) is 54.6 Å². The van der Waals surface area contributed by atoms with Crippen LogP contribution in [0, 0.1) is 0 Å². The summed E-state index contributed by atoms with van der Waals surface area (Å²) in [5, 5.41) is 4.61. The molecule has 4 rings (SSSR count). The third-order valence-electron chi connectivity index (χ3n) is 5.06. The summed E-state index contributed by atoms with van der Waals surface area (Å²) in [6.45, 7) is -0.358. The van der Waals surface area contributed by atoms with E-state index in [-0.39, 0.29) is 28.9 Å². The van der Waals surface area contributed by atoms with Crippen molar-refractivity contribution in [1.29, 1.82) is 0 Å². The summed E-state index contributed by atoms with van der Waals surface area (Å²) in [5.74, 6) is -1.28. The molecule has 0 spiro atoms. The standard InChI is InChI=1S/C29H20Cl2N2O6/c30-22-12-14-25(24(31)15-22)37-18-27(34)33-32-17-21-11-13-23(38-28(35)19-7-3-1-4-8-19)16-26(21)39-29(36)20-9-5-2-6-10-20/h1-17H,18H2,(H,33,34). The molecule has 0 bridgehead atoms. The molecule has 0 aliphatic rings. The summed E-state index contributed by atoms with van der Waals surface area (Å²) in [6, 6.07) is 25.9. The SMILES string of the molecule is O=C(COc1ccc(Cl)cc1Cl)NN=Cc1ccc(OC(=O)c2ccccc2)cc1OC(=O)c1ccccc1. The van der Waals surface area contributed by atoms with Gasteiger partial charge in [0.05, 0.1) is 22.4 Å². The highest BCUT2D eigenvalue weighted by Crippen LogP contribution is 2.28. The first-order valence-corrected chi connectivity index (χ1v) is 12.2. The smallest absolute Gasteiger partial charge is 0.343 e. The zero-order chi connectivity index (χ0) is 27.6. The number of amides is 1. The molecule has 4 aromatic rings. The van der Waals surface area contributed by atoms with Crippen LogP contribution in [-0.4, -0.2) is 30.7 Å². The number of nitrogens with zero attached hydrogens (tertiary/aromatic N) is 1. The van der Waals surface area contributed by atoms with Gasteiger partial charge in [0.1, 0.15) is 17.2 Å². The molecule has 0 aliphatic heterocycles. The number of hydrazone groups is 1. The number of carbonyl (C=O) groups is 3. The molecule has 0 fully saturated rings. The van der Waals surface area contributed by atoms with E-state index >= 15 is 0 Å². The molecule has 1 N–H and O–H groups in total. The van der Waals surface area contributed by atoms with Crippen LogP contribution in [0.2, 0.25) is 10.0 Å². The topological polar surface area (TPSA) is 103 Å². The zero-order valence-electron chi connectivity index (χ0n) is 20.2. The van der Waals surface area contributed by atoms with Crippen LogP contribution in [-0.2, 0) is 4.79 Å². The lowest BCUT2D eigenvalue weighted by atomic mass is 10.2. The molecular weight excluding hydrogens is 543 g/mol. The van der Waals surface area contributed by atoms with Crippen LogP contribution in [0.25, 0.3) is 0 Å². The van der Waals surface area contributed by atoms with Gasteiger partial charge in [-0.3, -0.25) is 4.79 Å². The predicted molar refractivity (Wildman–Crippen MR) is 147 cm³/mol. The Hall–Kier alpha value is -4.66. The van der Waals surface area contributed by atoms with Gasteiger partial charge in [0.2, 0.25) is 0 Å². The van der Waals surface area contributed by atoms with Crippen LogP contribution in [0.5, 0.6) is 17.2 Å². The Morgan fingerprint density at radius 3 is 2.03 bits per heavy atom. The van der Waals surface area contributed by atoms with E-state index in [1.165, 1.54) is 30.5 Å². The molecule has 0 saturated carbocycles. The van der Waals surface area contributed by atoms with Crippen molar-refractivity contribution >= 4 is 47.3 Å². The predicted octanol–water partition coefficient (Wildman–Crippen LogP) is 5.96. The van der Waals surface area contributed by atoms with Crippen molar-refractivity contribution < 1.29 is 28.6 Å². The number of hydrogen-bond donors (Lipinski definition) is 1. The van der Waals surface area contributed by atoms with Gasteiger partial charge in [0, 0.05) is 16.7 Å². The normalized spacial score (nSPS) is 10.6. The van der Waals surface area contributed by atoms with E-state index in [1.807, 2.05) is 0 Å². The minimum absolute atomic E-state index is 0.0596. The van der Waals surface area contributed by atoms with Gasteiger partial charge in [0.15, 0.2) is 6.61 Å². The highest BCUT2D eigenvalue weighted by atomic mass is 35.5. The maximum absolute atomic E-state index is 12.7. The molecule has 0 aromatic heterocycles. The minimum Gasteiger partial charge on any atom is -0.482 e. The van der Waals surface area contributed by atoms with E-state index in [9.17, 15) is 14.4 Å². The largest absolute Gasteiger partial charge is 0.482 e. The van der Waals surface area contributed by atoms with Crippen LogP contribution >= 0.6 is 23.2 Å². The van der Waals surface area contributed by atoms with Crippen molar-refractivity contribution in [2.24, 2.45) is 5.10 Å². The first-order valence-electron chi connectivity index (χ1n) is 11.5. The van der Waals surface area contributed by atoms with Crippen LogP contribution in [0.15, 0.2) is 102 Å². The molecule has 0 heterocycles. The van der Waals surface area contributed by atoms with Crippen molar-refractivity contribution in [3.8, 4) is 17.2 Å². The van der Waals surface area contributed by atoms with Gasteiger partial charge in [-0.2, -0.15) is 5.10 Å². The lowest BCUT2D eigenvalue weighted by Gasteiger charge is -2.11. The first kappa shape index (κ1) is 27.4. The number of esters is 2. The summed E-state index contributed by atoms with van der Waals surface area (Å²) < 4.78 is 16.4. The summed E-state index contributed by atoms with van der Waals surface area (Å²) in [4.78, 5) is 37.3. The first-order chi connectivity index (χ1) is 18.9. The third-order valence-corrected chi connectivity index (χ3v) is 5.59. The van der Waals surface area contributed by atoms with Gasteiger partial charge >= 0.3 is 11.9 Å². The summed E-state index contributed by atoms with van der Waals surface area (Å²) in [7, 11) is 0. The molecule has 0 radical (unpaired) electrons. The highest BCUT2D eigenvalue weighted by Gasteiger charge is 2.15. The molecule has 1 amide bonds.